The lowest BCUT2D eigenvalue weighted by molar-refractivity contribution is 0.174. The average molecular weight is 352 g/mol. The van der Waals surface area contributed by atoms with Crippen LogP contribution in [0.4, 0.5) is 5.82 Å². The molecule has 0 bridgehead atoms. The molecular weight excluding hydrogens is 336 g/mol. The quantitative estimate of drug-likeness (QED) is 0.727. The van der Waals surface area contributed by atoms with Crippen LogP contribution in [0, 0.1) is 19.3 Å². The zero-order valence-electron chi connectivity index (χ0n) is 13.7. The van der Waals surface area contributed by atoms with Crippen molar-refractivity contribution in [1.82, 2.24) is 14.5 Å². The molecule has 0 saturated carbocycles. The molecule has 1 aromatic carbocycles. The molecule has 7 heteroatoms. The van der Waals surface area contributed by atoms with Crippen LogP contribution in [0.15, 0.2) is 34.4 Å². The Morgan fingerprint density at radius 2 is 2.16 bits per heavy atom. The molecule has 25 heavy (non-hydrogen) atoms. The van der Waals surface area contributed by atoms with Crippen LogP contribution in [0.5, 0.6) is 11.5 Å². The fourth-order valence-electron chi connectivity index (χ4n) is 2.75. The first-order chi connectivity index (χ1) is 12.2. The number of ether oxygens (including phenoxy) is 2. The van der Waals surface area contributed by atoms with Crippen LogP contribution in [0.25, 0.3) is 11.0 Å². The standard InChI is InChI=1S/C18H16N4O2S/c1-3-4-7-22-12-5-6-20-17(19)16(12)21-18(22)25-15-9-14-13(8-11(15)2)23-10-24-14/h1,5-6,8-9H,4,7,10H2,2H3,(H2,19,20). The molecule has 1 aliphatic rings. The predicted octanol–water partition coefficient (Wildman–Crippen LogP) is 3.23. The van der Waals surface area contributed by atoms with Gasteiger partial charge in [0, 0.05) is 24.1 Å². The van der Waals surface area contributed by atoms with Gasteiger partial charge in [-0.25, -0.2) is 9.97 Å². The van der Waals surface area contributed by atoms with E-state index in [2.05, 4.69) is 15.5 Å². The fraction of sp³-hybridized carbons (Fsp3) is 0.222. The average Bonchev–Trinajstić information content (AvgIpc) is 3.18. The van der Waals surface area contributed by atoms with Gasteiger partial charge in [0.15, 0.2) is 22.5 Å². The summed E-state index contributed by atoms with van der Waals surface area (Å²) in [4.78, 5) is 9.87. The van der Waals surface area contributed by atoms with E-state index in [4.69, 9.17) is 26.6 Å². The van der Waals surface area contributed by atoms with Gasteiger partial charge in [-0.15, -0.1) is 12.3 Å². The van der Waals surface area contributed by atoms with Gasteiger partial charge in [-0.2, -0.15) is 0 Å². The first-order valence-corrected chi connectivity index (χ1v) is 8.61. The van der Waals surface area contributed by atoms with Gasteiger partial charge in [0.05, 0.1) is 5.52 Å². The number of imidazole rings is 1. The molecule has 4 rings (SSSR count). The number of pyridine rings is 1. The van der Waals surface area contributed by atoms with Crippen molar-refractivity contribution in [3.63, 3.8) is 0 Å². The molecule has 0 radical (unpaired) electrons. The summed E-state index contributed by atoms with van der Waals surface area (Å²) in [6, 6.07) is 5.87. The lowest BCUT2D eigenvalue weighted by atomic mass is 10.2. The van der Waals surface area contributed by atoms with E-state index in [1.807, 2.05) is 25.1 Å². The summed E-state index contributed by atoms with van der Waals surface area (Å²) in [6.45, 7) is 2.96. The molecule has 126 valence electrons. The molecule has 6 nitrogen and oxygen atoms in total. The minimum absolute atomic E-state index is 0.256. The zero-order valence-corrected chi connectivity index (χ0v) is 14.5. The number of nitrogen functional groups attached to an aromatic ring is 1. The number of aryl methyl sites for hydroxylation is 2. The number of terminal acetylenes is 1. The minimum atomic E-state index is 0.256. The Labute approximate surface area is 149 Å². The molecule has 0 unspecified atom stereocenters. The van der Waals surface area contributed by atoms with Gasteiger partial charge in [-0.1, -0.05) is 11.8 Å². The van der Waals surface area contributed by atoms with Crippen molar-refractivity contribution in [1.29, 1.82) is 0 Å². The molecule has 0 saturated heterocycles. The number of benzene rings is 1. The topological polar surface area (TPSA) is 75.2 Å². The number of hydrogen-bond donors (Lipinski definition) is 1. The van der Waals surface area contributed by atoms with E-state index >= 15 is 0 Å². The van der Waals surface area contributed by atoms with E-state index in [1.54, 1.807) is 18.0 Å². The van der Waals surface area contributed by atoms with E-state index in [-0.39, 0.29) is 6.79 Å². The van der Waals surface area contributed by atoms with Gasteiger partial charge in [0.1, 0.15) is 5.52 Å². The summed E-state index contributed by atoms with van der Waals surface area (Å²) >= 11 is 1.56. The minimum Gasteiger partial charge on any atom is -0.454 e. The predicted molar refractivity (Wildman–Crippen MR) is 96.8 cm³/mol. The summed E-state index contributed by atoms with van der Waals surface area (Å²) in [7, 11) is 0. The second-order valence-corrected chi connectivity index (χ2v) is 6.65. The number of rotatable bonds is 4. The van der Waals surface area contributed by atoms with E-state index in [0.29, 0.717) is 24.3 Å². The number of nitrogens with zero attached hydrogens (tertiary/aromatic N) is 3. The van der Waals surface area contributed by atoms with Gasteiger partial charge in [0.25, 0.3) is 0 Å². The molecule has 0 spiro atoms. The Bertz CT molecular complexity index is 1010. The highest BCUT2D eigenvalue weighted by atomic mass is 32.2. The lowest BCUT2D eigenvalue weighted by Crippen LogP contribution is -1.99. The summed E-state index contributed by atoms with van der Waals surface area (Å²) in [5.41, 5.74) is 8.71. The van der Waals surface area contributed by atoms with Crippen molar-refractivity contribution in [3.05, 3.63) is 30.0 Å². The SMILES string of the molecule is C#CCCn1c(Sc2cc3c(cc2C)OCO3)nc2c(N)nccc21. The maximum Gasteiger partial charge on any atom is 0.231 e. The summed E-state index contributed by atoms with van der Waals surface area (Å²) in [5.74, 6) is 4.62. The zero-order chi connectivity index (χ0) is 17.4. The number of anilines is 1. The van der Waals surface area contributed by atoms with Crippen LogP contribution in [0.1, 0.15) is 12.0 Å². The second kappa shape index (κ2) is 6.22. The molecule has 2 aromatic heterocycles. The molecule has 3 aromatic rings. The van der Waals surface area contributed by atoms with E-state index < -0.39 is 0 Å². The van der Waals surface area contributed by atoms with Crippen LogP contribution in [0.2, 0.25) is 0 Å². The molecule has 0 amide bonds. The maximum atomic E-state index is 5.99. The normalized spacial score (nSPS) is 12.5. The van der Waals surface area contributed by atoms with Crippen molar-refractivity contribution >= 4 is 28.6 Å². The largest absolute Gasteiger partial charge is 0.454 e. The van der Waals surface area contributed by atoms with Crippen LogP contribution in [-0.4, -0.2) is 21.3 Å². The Hall–Kier alpha value is -2.85. The molecule has 0 aliphatic carbocycles. The van der Waals surface area contributed by atoms with E-state index in [9.17, 15) is 0 Å². The smallest absolute Gasteiger partial charge is 0.231 e. The van der Waals surface area contributed by atoms with Gasteiger partial charge >= 0.3 is 0 Å². The molecule has 2 N–H and O–H groups in total. The van der Waals surface area contributed by atoms with Crippen molar-refractivity contribution in [2.45, 2.75) is 29.9 Å². The molecule has 1 aliphatic heterocycles. The lowest BCUT2D eigenvalue weighted by Gasteiger charge is -2.09. The Kier molecular flexibility index (Phi) is 3.90. The number of aromatic nitrogens is 3. The van der Waals surface area contributed by atoms with Crippen LogP contribution >= 0.6 is 11.8 Å². The molecule has 0 fully saturated rings. The highest BCUT2D eigenvalue weighted by Crippen LogP contribution is 2.41. The molecule has 0 atom stereocenters. The Morgan fingerprint density at radius 3 is 2.96 bits per heavy atom. The summed E-state index contributed by atoms with van der Waals surface area (Å²) in [5, 5.41) is 0.826. The third-order valence-electron chi connectivity index (χ3n) is 4.01. The third kappa shape index (κ3) is 2.75. The van der Waals surface area contributed by atoms with Gasteiger partial charge in [-0.3, -0.25) is 0 Å². The van der Waals surface area contributed by atoms with Crippen molar-refractivity contribution < 1.29 is 9.47 Å². The van der Waals surface area contributed by atoms with Crippen molar-refractivity contribution in [3.8, 4) is 23.8 Å². The Balaban J connectivity index is 1.79. The summed E-state index contributed by atoms with van der Waals surface area (Å²) < 4.78 is 13.0. The van der Waals surface area contributed by atoms with Crippen LogP contribution in [0.3, 0.4) is 0 Å². The maximum absolute atomic E-state index is 5.99. The van der Waals surface area contributed by atoms with Crippen molar-refractivity contribution in [2.24, 2.45) is 0 Å². The van der Waals surface area contributed by atoms with Gasteiger partial charge in [-0.05, 0) is 30.7 Å². The number of nitrogens with two attached hydrogens (primary N) is 1. The van der Waals surface area contributed by atoms with Crippen molar-refractivity contribution in [2.75, 3.05) is 12.5 Å². The number of hydrogen-bond acceptors (Lipinski definition) is 6. The van der Waals surface area contributed by atoms with Gasteiger partial charge in [0.2, 0.25) is 6.79 Å². The van der Waals surface area contributed by atoms with E-state index in [1.165, 1.54) is 0 Å². The molecular formula is C18H16N4O2S. The third-order valence-corrected chi connectivity index (χ3v) is 5.17. The van der Waals surface area contributed by atoms with Crippen LogP contribution in [-0.2, 0) is 6.54 Å². The Morgan fingerprint density at radius 1 is 1.36 bits per heavy atom. The molecule has 3 heterocycles. The highest BCUT2D eigenvalue weighted by molar-refractivity contribution is 7.99. The second-order valence-electron chi connectivity index (χ2n) is 5.64. The highest BCUT2D eigenvalue weighted by Gasteiger charge is 2.19. The monoisotopic (exact) mass is 352 g/mol. The first-order valence-electron chi connectivity index (χ1n) is 7.79. The van der Waals surface area contributed by atoms with E-state index in [0.717, 1.165) is 32.6 Å². The van der Waals surface area contributed by atoms with Crippen LogP contribution < -0.4 is 15.2 Å². The fourth-order valence-corrected chi connectivity index (χ4v) is 3.77. The van der Waals surface area contributed by atoms with Gasteiger partial charge < -0.3 is 19.8 Å². The summed E-state index contributed by atoms with van der Waals surface area (Å²) in [6.07, 6.45) is 7.75. The first kappa shape index (κ1) is 15.7. The number of fused-ring (bicyclic) bond motifs is 2.